The third-order valence-corrected chi connectivity index (χ3v) is 6.47. The molecular weight excluding hydrogens is 450 g/mol. The van der Waals surface area contributed by atoms with Gasteiger partial charge < -0.3 is 10.4 Å². The lowest BCUT2D eigenvalue weighted by Crippen LogP contribution is -2.24. The molecule has 1 amide bonds. The van der Waals surface area contributed by atoms with Crippen molar-refractivity contribution in [2.24, 2.45) is 0 Å². The maximum atomic E-state index is 12.6. The Hall–Kier alpha value is -3.93. The van der Waals surface area contributed by atoms with E-state index in [2.05, 4.69) is 29.8 Å². The van der Waals surface area contributed by atoms with E-state index in [-0.39, 0.29) is 11.5 Å². The molecule has 0 unspecified atom stereocenters. The maximum absolute atomic E-state index is 12.6. The predicted octanol–water partition coefficient (Wildman–Crippen LogP) is 6.57. The summed E-state index contributed by atoms with van der Waals surface area (Å²) >= 11 is 0. The van der Waals surface area contributed by atoms with E-state index in [4.69, 9.17) is 4.98 Å². The molecule has 36 heavy (non-hydrogen) atoms. The zero-order valence-corrected chi connectivity index (χ0v) is 21.2. The van der Waals surface area contributed by atoms with Crippen LogP contribution in [0.4, 0.5) is 0 Å². The quantitative estimate of drug-likeness (QED) is 0.250. The van der Waals surface area contributed by atoms with Crippen LogP contribution in [0.5, 0.6) is 0 Å². The van der Waals surface area contributed by atoms with Gasteiger partial charge in [-0.05, 0) is 72.9 Å². The molecule has 186 valence electrons. The molecule has 0 saturated heterocycles. The maximum Gasteiger partial charge on any atom is 0.336 e. The summed E-state index contributed by atoms with van der Waals surface area (Å²) in [6, 6.07) is 18.9. The van der Waals surface area contributed by atoms with Crippen molar-refractivity contribution in [2.45, 2.75) is 52.9 Å². The van der Waals surface area contributed by atoms with Crippen molar-refractivity contribution in [3.63, 3.8) is 0 Å². The van der Waals surface area contributed by atoms with Crippen molar-refractivity contribution in [1.82, 2.24) is 14.9 Å². The van der Waals surface area contributed by atoms with Gasteiger partial charge in [-0.1, -0.05) is 51.0 Å². The highest BCUT2D eigenvalue weighted by atomic mass is 16.4. The minimum absolute atomic E-state index is 0.0766. The van der Waals surface area contributed by atoms with E-state index in [1.54, 1.807) is 12.1 Å². The molecule has 3 aromatic carbocycles. The molecule has 0 bridgehead atoms. The number of aromatic nitrogens is 2. The third-order valence-electron chi connectivity index (χ3n) is 6.47. The highest BCUT2D eigenvalue weighted by Gasteiger charge is 2.17. The minimum atomic E-state index is -0.939. The summed E-state index contributed by atoms with van der Waals surface area (Å²) in [4.78, 5) is 29.3. The molecule has 2 N–H and O–H groups in total. The summed E-state index contributed by atoms with van der Waals surface area (Å²) in [6.07, 6.45) is 4.88. The van der Waals surface area contributed by atoms with Crippen molar-refractivity contribution in [2.75, 3.05) is 6.54 Å². The van der Waals surface area contributed by atoms with Gasteiger partial charge in [0.2, 0.25) is 0 Å². The molecule has 4 rings (SSSR count). The van der Waals surface area contributed by atoms with Gasteiger partial charge in [-0.15, -0.1) is 0 Å². The summed E-state index contributed by atoms with van der Waals surface area (Å²) in [7, 11) is 0. The van der Waals surface area contributed by atoms with Crippen molar-refractivity contribution in [3.05, 3.63) is 83.2 Å². The zero-order chi connectivity index (χ0) is 25.7. The number of carbonyl (C=O) groups is 2. The van der Waals surface area contributed by atoms with E-state index in [9.17, 15) is 14.7 Å². The van der Waals surface area contributed by atoms with Crippen LogP contribution in [0.25, 0.3) is 27.8 Å². The van der Waals surface area contributed by atoms with Crippen LogP contribution in [-0.4, -0.2) is 33.1 Å². The first-order valence-electron chi connectivity index (χ1n) is 12.7. The number of aromatic carboxylic acids is 1. The topological polar surface area (TPSA) is 84.2 Å². The number of amides is 1. The monoisotopic (exact) mass is 483 g/mol. The average Bonchev–Trinajstić information content (AvgIpc) is 3.25. The highest BCUT2D eigenvalue weighted by Crippen LogP contribution is 2.31. The van der Waals surface area contributed by atoms with Crippen molar-refractivity contribution in [1.29, 1.82) is 0 Å². The summed E-state index contributed by atoms with van der Waals surface area (Å²) in [5.41, 5.74) is 6.19. The molecule has 1 aromatic heterocycles. The van der Waals surface area contributed by atoms with Crippen LogP contribution in [-0.2, 0) is 6.42 Å². The molecule has 0 saturated carbocycles. The molecule has 0 fully saturated rings. The molecule has 0 aliphatic rings. The van der Waals surface area contributed by atoms with Crippen LogP contribution in [0.3, 0.4) is 0 Å². The lowest BCUT2D eigenvalue weighted by molar-refractivity contribution is 0.0697. The first-order chi connectivity index (χ1) is 17.4. The number of fused-ring (bicyclic) bond motifs is 1. The molecule has 0 aliphatic carbocycles. The fraction of sp³-hybridized carbons (Fsp3) is 0.300. The summed E-state index contributed by atoms with van der Waals surface area (Å²) in [6.45, 7) is 6.92. The van der Waals surface area contributed by atoms with Crippen LogP contribution in [0.15, 0.2) is 60.7 Å². The van der Waals surface area contributed by atoms with E-state index in [0.29, 0.717) is 17.7 Å². The van der Waals surface area contributed by atoms with Gasteiger partial charge in [0.25, 0.3) is 5.91 Å². The number of imidazole rings is 1. The van der Waals surface area contributed by atoms with Gasteiger partial charge in [0.05, 0.1) is 16.6 Å². The molecule has 0 atom stereocenters. The Morgan fingerprint density at radius 2 is 1.72 bits per heavy atom. The lowest BCUT2D eigenvalue weighted by atomic mass is 9.95. The Bertz CT molecular complexity index is 1400. The Balaban J connectivity index is 1.76. The number of rotatable bonds is 10. The number of hydrogen-bond donors (Lipinski definition) is 2. The normalized spacial score (nSPS) is 11.1. The van der Waals surface area contributed by atoms with Crippen molar-refractivity contribution < 1.29 is 14.7 Å². The Morgan fingerprint density at radius 1 is 0.944 bits per heavy atom. The second-order valence-corrected chi connectivity index (χ2v) is 9.13. The van der Waals surface area contributed by atoms with Gasteiger partial charge in [0.1, 0.15) is 5.82 Å². The van der Waals surface area contributed by atoms with Crippen molar-refractivity contribution >= 4 is 22.9 Å². The molecule has 4 aromatic rings. The van der Waals surface area contributed by atoms with Gasteiger partial charge in [-0.2, -0.15) is 0 Å². The molecular formula is C30H33N3O3. The smallest absolute Gasteiger partial charge is 0.336 e. The Morgan fingerprint density at radius 3 is 2.44 bits per heavy atom. The molecule has 6 heteroatoms. The number of carboxylic acid groups (broad SMARTS) is 1. The van der Waals surface area contributed by atoms with E-state index >= 15 is 0 Å². The summed E-state index contributed by atoms with van der Waals surface area (Å²) < 4.78 is 2.16. The van der Waals surface area contributed by atoms with Gasteiger partial charge >= 0.3 is 5.97 Å². The molecule has 1 heterocycles. The second kappa shape index (κ2) is 11.2. The van der Waals surface area contributed by atoms with E-state index < -0.39 is 5.97 Å². The van der Waals surface area contributed by atoms with Gasteiger partial charge in [-0.3, -0.25) is 9.36 Å². The minimum Gasteiger partial charge on any atom is -0.478 e. The predicted molar refractivity (Wildman–Crippen MR) is 144 cm³/mol. The zero-order valence-electron chi connectivity index (χ0n) is 21.2. The van der Waals surface area contributed by atoms with Crippen LogP contribution in [0.2, 0.25) is 0 Å². The van der Waals surface area contributed by atoms with Crippen molar-refractivity contribution in [3.8, 4) is 16.8 Å². The van der Waals surface area contributed by atoms with E-state index in [1.807, 2.05) is 49.4 Å². The first-order valence-corrected chi connectivity index (χ1v) is 12.7. The second-order valence-electron chi connectivity index (χ2n) is 9.13. The van der Waals surface area contributed by atoms with E-state index in [0.717, 1.165) is 65.8 Å². The van der Waals surface area contributed by atoms with Gasteiger partial charge in [0.15, 0.2) is 0 Å². The largest absolute Gasteiger partial charge is 0.478 e. The highest BCUT2D eigenvalue weighted by molar-refractivity contribution is 5.98. The number of nitrogens with zero attached hydrogens (tertiary/aromatic N) is 2. The first kappa shape index (κ1) is 25.2. The lowest BCUT2D eigenvalue weighted by Gasteiger charge is -2.14. The number of nitrogens with one attached hydrogen (secondary N) is 1. The average molecular weight is 484 g/mol. The number of aryl methyl sites for hydroxylation is 2. The Labute approximate surface area is 212 Å². The van der Waals surface area contributed by atoms with Gasteiger partial charge in [-0.25, -0.2) is 9.78 Å². The van der Waals surface area contributed by atoms with Gasteiger partial charge in [0, 0.05) is 24.2 Å². The fourth-order valence-electron chi connectivity index (χ4n) is 4.54. The number of unbranched alkanes of at least 4 members (excludes halogenated alkanes) is 2. The number of hydrogen-bond acceptors (Lipinski definition) is 3. The number of benzene rings is 3. The third kappa shape index (κ3) is 5.18. The molecule has 6 nitrogen and oxygen atoms in total. The van der Waals surface area contributed by atoms with Crippen LogP contribution in [0, 0.1) is 6.92 Å². The summed E-state index contributed by atoms with van der Waals surface area (Å²) in [5.74, 6) is -0.0631. The summed E-state index contributed by atoms with van der Waals surface area (Å²) in [5, 5.41) is 12.6. The standard InChI is InChI=1S/C30H33N3O3/c1-4-6-12-28-32-26-19-21(29(34)31-17-7-5-2)13-16-27(26)33(28)22-14-15-23(20(3)18-22)24-10-8-9-11-25(24)30(35)36/h8-11,13-16,18-19H,4-7,12,17H2,1-3H3,(H,31,34)(H,35,36). The Kier molecular flexibility index (Phi) is 7.84. The molecule has 0 aliphatic heterocycles. The SMILES string of the molecule is CCCCNC(=O)c1ccc2c(c1)nc(CCCC)n2-c1ccc(-c2ccccc2C(=O)O)c(C)c1. The van der Waals surface area contributed by atoms with Crippen LogP contribution in [0.1, 0.15) is 71.6 Å². The number of carbonyl (C=O) groups excluding carboxylic acids is 1. The molecule has 0 radical (unpaired) electrons. The fourth-order valence-corrected chi connectivity index (χ4v) is 4.54. The number of carboxylic acids is 1. The van der Waals surface area contributed by atoms with Crippen LogP contribution >= 0.6 is 0 Å². The van der Waals surface area contributed by atoms with Crippen LogP contribution < -0.4 is 5.32 Å². The molecule has 0 spiro atoms. The van der Waals surface area contributed by atoms with E-state index in [1.165, 1.54) is 0 Å².